The van der Waals surface area contributed by atoms with Crippen LogP contribution in [0.4, 0.5) is 0 Å². The zero-order valence-electron chi connectivity index (χ0n) is 9.72. The maximum Gasteiger partial charge on any atom is 0.0267 e. The van der Waals surface area contributed by atoms with Crippen molar-refractivity contribution in [2.24, 2.45) is 16.6 Å². The molecule has 2 nitrogen and oxygen atoms in total. The maximum atomic E-state index is 5.82. The van der Waals surface area contributed by atoms with Gasteiger partial charge < -0.3 is 5.73 Å². The van der Waals surface area contributed by atoms with Crippen LogP contribution in [0, 0.1) is 10.8 Å². The lowest BCUT2D eigenvalue weighted by molar-refractivity contribution is -0.0387. The molecule has 13 heavy (non-hydrogen) atoms. The first-order chi connectivity index (χ1) is 5.76. The van der Waals surface area contributed by atoms with Crippen LogP contribution in [-0.2, 0) is 0 Å². The lowest BCUT2D eigenvalue weighted by Crippen LogP contribution is -2.62. The van der Waals surface area contributed by atoms with Gasteiger partial charge in [-0.25, -0.2) is 0 Å². The molecular formula is C11H24N2. The van der Waals surface area contributed by atoms with Crippen molar-refractivity contribution in [2.75, 3.05) is 19.6 Å². The van der Waals surface area contributed by atoms with Crippen LogP contribution in [0.1, 0.15) is 34.6 Å². The monoisotopic (exact) mass is 184 g/mol. The molecule has 0 amide bonds. The van der Waals surface area contributed by atoms with Gasteiger partial charge in [-0.15, -0.1) is 0 Å². The van der Waals surface area contributed by atoms with Gasteiger partial charge in [0.25, 0.3) is 0 Å². The Labute approximate surface area is 82.5 Å². The molecule has 1 rings (SSSR count). The molecular weight excluding hydrogens is 160 g/mol. The van der Waals surface area contributed by atoms with Crippen LogP contribution in [0.15, 0.2) is 0 Å². The number of likely N-dealkylation sites (tertiary alicyclic amines) is 1. The van der Waals surface area contributed by atoms with Crippen molar-refractivity contribution in [3.05, 3.63) is 0 Å². The second-order valence-corrected chi connectivity index (χ2v) is 6.19. The highest BCUT2D eigenvalue weighted by Crippen LogP contribution is 2.35. The molecule has 1 saturated heterocycles. The molecule has 1 fully saturated rings. The molecule has 1 aliphatic heterocycles. The van der Waals surface area contributed by atoms with Gasteiger partial charge in [0.05, 0.1) is 0 Å². The van der Waals surface area contributed by atoms with Gasteiger partial charge in [-0.1, -0.05) is 34.6 Å². The number of hydrogen-bond donors (Lipinski definition) is 1. The fraction of sp³-hybridized carbons (Fsp3) is 1.00. The lowest BCUT2D eigenvalue weighted by Gasteiger charge is -2.53. The summed E-state index contributed by atoms with van der Waals surface area (Å²) in [7, 11) is 0. The molecule has 1 aliphatic rings. The van der Waals surface area contributed by atoms with Crippen LogP contribution in [0.5, 0.6) is 0 Å². The Morgan fingerprint density at radius 1 is 1.31 bits per heavy atom. The number of rotatable bonds is 2. The topological polar surface area (TPSA) is 29.3 Å². The van der Waals surface area contributed by atoms with Crippen molar-refractivity contribution < 1.29 is 0 Å². The molecule has 0 aromatic heterocycles. The average Bonchev–Trinajstić information content (AvgIpc) is 1.81. The molecule has 0 aromatic carbocycles. The van der Waals surface area contributed by atoms with Crippen LogP contribution in [0.25, 0.3) is 0 Å². The summed E-state index contributed by atoms with van der Waals surface area (Å²) < 4.78 is 0. The highest BCUT2D eigenvalue weighted by Gasteiger charge is 2.41. The third kappa shape index (κ3) is 2.44. The molecule has 0 bridgehead atoms. The van der Waals surface area contributed by atoms with E-state index in [0.717, 1.165) is 6.54 Å². The Balaban J connectivity index is 2.52. The van der Waals surface area contributed by atoms with Crippen LogP contribution >= 0.6 is 0 Å². The van der Waals surface area contributed by atoms with Crippen molar-refractivity contribution >= 4 is 0 Å². The first kappa shape index (κ1) is 11.0. The van der Waals surface area contributed by atoms with Gasteiger partial charge in [0.15, 0.2) is 0 Å². The van der Waals surface area contributed by atoms with Gasteiger partial charge >= 0.3 is 0 Å². The second kappa shape index (κ2) is 3.25. The van der Waals surface area contributed by atoms with E-state index in [2.05, 4.69) is 39.5 Å². The minimum absolute atomic E-state index is 0.311. The Kier molecular flexibility index (Phi) is 2.75. The van der Waals surface area contributed by atoms with Crippen molar-refractivity contribution in [1.29, 1.82) is 0 Å². The largest absolute Gasteiger partial charge is 0.329 e. The number of nitrogens with zero attached hydrogens (tertiary/aromatic N) is 1. The van der Waals surface area contributed by atoms with E-state index < -0.39 is 0 Å². The third-order valence-corrected chi connectivity index (χ3v) is 2.93. The zero-order valence-corrected chi connectivity index (χ0v) is 9.72. The van der Waals surface area contributed by atoms with E-state index in [1.807, 2.05) is 0 Å². The van der Waals surface area contributed by atoms with Crippen LogP contribution in [-0.4, -0.2) is 30.6 Å². The number of hydrogen-bond acceptors (Lipinski definition) is 2. The van der Waals surface area contributed by atoms with E-state index in [9.17, 15) is 0 Å². The van der Waals surface area contributed by atoms with Gasteiger partial charge in [0, 0.05) is 25.7 Å². The van der Waals surface area contributed by atoms with Crippen LogP contribution < -0.4 is 5.73 Å². The van der Waals surface area contributed by atoms with Crippen molar-refractivity contribution in [1.82, 2.24) is 4.90 Å². The third-order valence-electron chi connectivity index (χ3n) is 2.93. The molecule has 0 aromatic rings. The second-order valence-electron chi connectivity index (χ2n) is 6.19. The molecule has 0 saturated carbocycles. The van der Waals surface area contributed by atoms with Gasteiger partial charge in [-0.05, 0) is 10.8 Å². The van der Waals surface area contributed by atoms with Gasteiger partial charge in [0.2, 0.25) is 0 Å². The Bertz CT molecular complexity index is 171. The molecule has 2 heteroatoms. The quantitative estimate of drug-likeness (QED) is 0.708. The molecule has 1 heterocycles. The first-order valence-corrected chi connectivity index (χ1v) is 5.20. The minimum Gasteiger partial charge on any atom is -0.329 e. The minimum atomic E-state index is 0.311. The predicted octanol–water partition coefficient (Wildman–Crippen LogP) is 1.70. The normalized spacial score (nSPS) is 25.4. The summed E-state index contributed by atoms with van der Waals surface area (Å²) in [5.74, 6) is 0. The molecule has 2 N–H and O–H groups in total. The van der Waals surface area contributed by atoms with Crippen molar-refractivity contribution in [3.8, 4) is 0 Å². The van der Waals surface area contributed by atoms with Crippen molar-refractivity contribution in [3.63, 3.8) is 0 Å². The molecule has 0 radical (unpaired) electrons. The van der Waals surface area contributed by atoms with Gasteiger partial charge in [-0.3, -0.25) is 4.90 Å². The Hall–Kier alpha value is -0.0800. The van der Waals surface area contributed by atoms with E-state index in [0.29, 0.717) is 16.9 Å². The van der Waals surface area contributed by atoms with E-state index in [1.54, 1.807) is 0 Å². The highest BCUT2D eigenvalue weighted by molar-refractivity contribution is 4.95. The van der Waals surface area contributed by atoms with E-state index in [-0.39, 0.29) is 0 Å². The fourth-order valence-corrected chi connectivity index (χ4v) is 2.32. The highest BCUT2D eigenvalue weighted by atomic mass is 15.2. The summed E-state index contributed by atoms with van der Waals surface area (Å²) in [6, 6.07) is 0.542. The Morgan fingerprint density at radius 3 is 2.00 bits per heavy atom. The van der Waals surface area contributed by atoms with Crippen LogP contribution in [0.3, 0.4) is 0 Å². The van der Waals surface area contributed by atoms with E-state index >= 15 is 0 Å². The standard InChI is InChI=1S/C11H24N2/c1-10(2,3)9(6-12)13-7-11(4,5)8-13/h9H,6-8,12H2,1-5H3. The maximum absolute atomic E-state index is 5.82. The zero-order chi connectivity index (χ0) is 10.3. The van der Waals surface area contributed by atoms with E-state index in [4.69, 9.17) is 5.73 Å². The summed E-state index contributed by atoms with van der Waals surface area (Å²) in [6.45, 7) is 14.6. The van der Waals surface area contributed by atoms with Crippen LogP contribution in [0.2, 0.25) is 0 Å². The summed E-state index contributed by atoms with van der Waals surface area (Å²) >= 11 is 0. The lowest BCUT2D eigenvalue weighted by atomic mass is 9.77. The van der Waals surface area contributed by atoms with Gasteiger partial charge in [0.1, 0.15) is 0 Å². The van der Waals surface area contributed by atoms with Crippen molar-refractivity contribution in [2.45, 2.75) is 40.7 Å². The average molecular weight is 184 g/mol. The summed E-state index contributed by atoms with van der Waals surface area (Å²) in [6.07, 6.45) is 0. The molecule has 1 atom stereocenters. The first-order valence-electron chi connectivity index (χ1n) is 5.20. The molecule has 78 valence electrons. The SMILES string of the molecule is CC1(C)CN(C(CN)C(C)(C)C)C1. The summed E-state index contributed by atoms with van der Waals surface area (Å²) in [5, 5.41) is 0. The summed E-state index contributed by atoms with van der Waals surface area (Å²) in [5.41, 5.74) is 6.64. The molecule has 1 unspecified atom stereocenters. The predicted molar refractivity (Wildman–Crippen MR) is 57.7 cm³/mol. The van der Waals surface area contributed by atoms with E-state index in [1.165, 1.54) is 13.1 Å². The Morgan fingerprint density at radius 2 is 1.77 bits per heavy atom. The summed E-state index contributed by atoms with van der Waals surface area (Å²) in [4.78, 5) is 2.51. The van der Waals surface area contributed by atoms with Gasteiger partial charge in [-0.2, -0.15) is 0 Å². The molecule has 0 aliphatic carbocycles. The smallest absolute Gasteiger partial charge is 0.0267 e. The molecule has 0 spiro atoms. The number of nitrogens with two attached hydrogens (primary N) is 1. The fourth-order valence-electron chi connectivity index (χ4n) is 2.32.